The zero-order valence-corrected chi connectivity index (χ0v) is 7.15. The first-order valence-electron chi connectivity index (χ1n) is 3.02. The molecule has 0 heterocycles. The van der Waals surface area contributed by atoms with E-state index in [0.717, 1.165) is 0 Å². The van der Waals surface area contributed by atoms with Crippen LogP contribution in [0.2, 0.25) is 0 Å². The molecule has 2 atom stereocenters. The molecule has 0 fully saturated rings. The van der Waals surface area contributed by atoms with Gasteiger partial charge in [-0.05, 0) is 0 Å². The first kappa shape index (κ1) is 10.2. The van der Waals surface area contributed by atoms with Crippen molar-refractivity contribution in [1.82, 2.24) is 0 Å². The van der Waals surface area contributed by atoms with Crippen LogP contribution in [0.25, 0.3) is 0 Å². The molecule has 0 aliphatic carbocycles. The van der Waals surface area contributed by atoms with E-state index in [1.807, 2.05) is 0 Å². The summed E-state index contributed by atoms with van der Waals surface area (Å²) in [7, 11) is 0. The molecule has 0 radical (unpaired) electrons. The van der Waals surface area contributed by atoms with E-state index in [1.165, 1.54) is 0 Å². The van der Waals surface area contributed by atoms with Crippen LogP contribution >= 0.6 is 23.2 Å². The van der Waals surface area contributed by atoms with Gasteiger partial charge in [0, 0.05) is 23.8 Å². The third-order valence-electron chi connectivity index (χ3n) is 0.962. The largest absolute Gasteiger partial charge is 0.323 e. The molecule has 0 saturated carbocycles. The van der Waals surface area contributed by atoms with Crippen LogP contribution in [0, 0.1) is 0 Å². The number of hydrogen-bond acceptors (Lipinski definition) is 2. The predicted octanol–water partition coefficient (Wildman–Crippen LogP) is 0.675. The normalized spacial score (nSPS) is 17.6. The molecule has 2 nitrogen and oxygen atoms in total. The maximum Gasteiger partial charge on any atom is 0.0411 e. The smallest absolute Gasteiger partial charge is 0.0411 e. The van der Waals surface area contributed by atoms with E-state index < -0.39 is 0 Å². The summed E-state index contributed by atoms with van der Waals surface area (Å²) in [6.07, 6.45) is 3.53. The topological polar surface area (TPSA) is 52.0 Å². The highest BCUT2D eigenvalue weighted by atomic mass is 35.5. The van der Waals surface area contributed by atoms with Crippen LogP contribution in [0.3, 0.4) is 0 Å². The van der Waals surface area contributed by atoms with E-state index in [-0.39, 0.29) is 12.1 Å². The lowest BCUT2D eigenvalue weighted by Gasteiger charge is -2.01. The van der Waals surface area contributed by atoms with Crippen molar-refractivity contribution < 1.29 is 0 Å². The number of hydrogen-bond donors (Lipinski definition) is 2. The molecule has 0 bridgehead atoms. The molecule has 0 rings (SSSR count). The van der Waals surface area contributed by atoms with Crippen LogP contribution in [0.4, 0.5) is 0 Å². The summed E-state index contributed by atoms with van der Waals surface area (Å²) >= 11 is 10.9. The summed E-state index contributed by atoms with van der Waals surface area (Å²) < 4.78 is 0. The van der Waals surface area contributed by atoms with Crippen LogP contribution in [0.15, 0.2) is 12.2 Å². The van der Waals surface area contributed by atoms with Crippen LogP contribution in [-0.2, 0) is 0 Å². The molecule has 60 valence electrons. The minimum Gasteiger partial charge on any atom is -0.323 e. The highest BCUT2D eigenvalue weighted by Gasteiger charge is 1.95. The van der Waals surface area contributed by atoms with E-state index in [4.69, 9.17) is 34.7 Å². The second-order valence-electron chi connectivity index (χ2n) is 2.02. The SMILES string of the molecule is NC(C=CC(N)CCl)CCl. The fourth-order valence-electron chi connectivity index (χ4n) is 0.388. The zero-order valence-electron chi connectivity index (χ0n) is 5.63. The van der Waals surface area contributed by atoms with Crippen molar-refractivity contribution in [3.05, 3.63) is 12.2 Å². The molecule has 4 N–H and O–H groups in total. The zero-order chi connectivity index (χ0) is 7.98. The molecule has 0 saturated heterocycles. The second-order valence-corrected chi connectivity index (χ2v) is 2.64. The molecule has 0 aromatic carbocycles. The molecule has 10 heavy (non-hydrogen) atoms. The van der Waals surface area contributed by atoms with Gasteiger partial charge in [0.25, 0.3) is 0 Å². The van der Waals surface area contributed by atoms with Crippen molar-refractivity contribution in [2.75, 3.05) is 11.8 Å². The fraction of sp³-hybridized carbons (Fsp3) is 0.667. The van der Waals surface area contributed by atoms with Crippen molar-refractivity contribution in [3.8, 4) is 0 Å². The van der Waals surface area contributed by atoms with E-state index in [0.29, 0.717) is 11.8 Å². The van der Waals surface area contributed by atoms with Gasteiger partial charge in [0.15, 0.2) is 0 Å². The molecular formula is C6H12Cl2N2. The first-order valence-corrected chi connectivity index (χ1v) is 4.09. The Bertz CT molecular complexity index is 93.9. The van der Waals surface area contributed by atoms with Gasteiger partial charge in [-0.15, -0.1) is 23.2 Å². The minimum atomic E-state index is -0.115. The Morgan fingerprint density at radius 3 is 1.50 bits per heavy atom. The standard InChI is InChI=1S/C6H12Cl2N2/c7-3-5(9)1-2-6(10)4-8/h1-2,5-6H,3-4,9-10H2. The molecule has 4 heteroatoms. The lowest BCUT2D eigenvalue weighted by atomic mass is 10.2. The van der Waals surface area contributed by atoms with Gasteiger partial charge in [-0.25, -0.2) is 0 Å². The van der Waals surface area contributed by atoms with Crippen molar-refractivity contribution >= 4 is 23.2 Å². The van der Waals surface area contributed by atoms with Crippen molar-refractivity contribution in [1.29, 1.82) is 0 Å². The Labute approximate surface area is 71.2 Å². The lowest BCUT2D eigenvalue weighted by Crippen LogP contribution is -2.23. The van der Waals surface area contributed by atoms with Gasteiger partial charge >= 0.3 is 0 Å². The summed E-state index contributed by atoms with van der Waals surface area (Å²) in [4.78, 5) is 0. The third kappa shape index (κ3) is 5.06. The summed E-state index contributed by atoms with van der Waals surface area (Å²) in [6, 6.07) is -0.230. The highest BCUT2D eigenvalue weighted by molar-refractivity contribution is 6.18. The van der Waals surface area contributed by atoms with Crippen LogP contribution < -0.4 is 11.5 Å². The molecule has 0 aliphatic heterocycles. The van der Waals surface area contributed by atoms with Gasteiger partial charge in [0.2, 0.25) is 0 Å². The number of nitrogens with two attached hydrogens (primary N) is 2. The molecule has 0 aromatic rings. The first-order chi connectivity index (χ1) is 4.70. The van der Waals surface area contributed by atoms with Crippen LogP contribution in [0.1, 0.15) is 0 Å². The van der Waals surface area contributed by atoms with Crippen LogP contribution in [-0.4, -0.2) is 23.8 Å². The van der Waals surface area contributed by atoms with Gasteiger partial charge in [-0.2, -0.15) is 0 Å². The molecule has 0 spiro atoms. The van der Waals surface area contributed by atoms with Crippen molar-refractivity contribution in [3.63, 3.8) is 0 Å². The summed E-state index contributed by atoms with van der Waals surface area (Å²) in [5, 5.41) is 0. The number of alkyl halides is 2. The molecule has 0 aliphatic rings. The highest BCUT2D eigenvalue weighted by Crippen LogP contribution is 1.90. The van der Waals surface area contributed by atoms with Gasteiger partial charge in [-0.3, -0.25) is 0 Å². The third-order valence-corrected chi connectivity index (χ3v) is 1.67. The molecule has 2 unspecified atom stereocenters. The van der Waals surface area contributed by atoms with Crippen molar-refractivity contribution in [2.45, 2.75) is 12.1 Å². The summed E-state index contributed by atoms with van der Waals surface area (Å²) in [5.41, 5.74) is 10.9. The Kier molecular flexibility index (Phi) is 6.13. The van der Waals surface area contributed by atoms with E-state index in [9.17, 15) is 0 Å². The second kappa shape index (κ2) is 5.98. The summed E-state index contributed by atoms with van der Waals surface area (Å²) in [6.45, 7) is 0. The Morgan fingerprint density at radius 2 is 1.30 bits per heavy atom. The average molecular weight is 183 g/mol. The maximum atomic E-state index is 5.46. The van der Waals surface area contributed by atoms with Gasteiger partial charge in [0.1, 0.15) is 0 Å². The fourth-order valence-corrected chi connectivity index (χ4v) is 0.594. The minimum absolute atomic E-state index is 0.115. The maximum absolute atomic E-state index is 5.46. The monoisotopic (exact) mass is 182 g/mol. The van der Waals surface area contributed by atoms with Gasteiger partial charge in [0.05, 0.1) is 0 Å². The predicted molar refractivity (Wildman–Crippen MR) is 46.5 cm³/mol. The average Bonchev–Trinajstić information content (AvgIpc) is 1.99. The quantitative estimate of drug-likeness (QED) is 0.497. The molecule has 0 aromatic heterocycles. The number of rotatable bonds is 4. The van der Waals surface area contributed by atoms with Crippen LogP contribution in [0.5, 0.6) is 0 Å². The van der Waals surface area contributed by atoms with Gasteiger partial charge in [-0.1, -0.05) is 12.2 Å². The molecular weight excluding hydrogens is 171 g/mol. The summed E-state index contributed by atoms with van der Waals surface area (Å²) in [5.74, 6) is 0.816. The number of halogens is 2. The van der Waals surface area contributed by atoms with E-state index in [1.54, 1.807) is 12.2 Å². The van der Waals surface area contributed by atoms with Gasteiger partial charge < -0.3 is 11.5 Å². The molecule has 0 amide bonds. The lowest BCUT2D eigenvalue weighted by molar-refractivity contribution is 0.886. The van der Waals surface area contributed by atoms with Crippen molar-refractivity contribution in [2.24, 2.45) is 11.5 Å². The Hall–Kier alpha value is 0.240. The Morgan fingerprint density at radius 1 is 1.00 bits per heavy atom. The van der Waals surface area contributed by atoms with E-state index in [2.05, 4.69) is 0 Å². The Balaban J connectivity index is 3.52. The van der Waals surface area contributed by atoms with E-state index >= 15 is 0 Å².